The molecule has 0 N–H and O–H groups in total. The fraction of sp³-hybridized carbons (Fsp3) is 0.286. The van der Waals surface area contributed by atoms with Crippen molar-refractivity contribution < 1.29 is 19.1 Å². The number of rotatable bonds is 6. The Morgan fingerprint density at radius 3 is 2.53 bits per heavy atom. The Labute approximate surface area is 226 Å². The van der Waals surface area contributed by atoms with E-state index in [1.165, 1.54) is 11.8 Å². The van der Waals surface area contributed by atoms with Crippen molar-refractivity contribution in [2.24, 2.45) is 0 Å². The fourth-order valence-corrected chi connectivity index (χ4v) is 5.57. The van der Waals surface area contributed by atoms with Gasteiger partial charge in [-0.05, 0) is 55.0 Å². The average Bonchev–Trinajstić information content (AvgIpc) is 2.96. The second-order valence-electron chi connectivity index (χ2n) is 8.83. The molecule has 196 valence electrons. The van der Waals surface area contributed by atoms with Gasteiger partial charge in [0.05, 0.1) is 24.3 Å². The Hall–Kier alpha value is -4.05. The number of piperazine rings is 1. The van der Waals surface area contributed by atoms with E-state index in [1.54, 1.807) is 37.5 Å². The topological polar surface area (TPSA) is 88.1 Å². The zero-order chi connectivity index (χ0) is 26.6. The second-order valence-corrected chi connectivity index (χ2v) is 9.91. The van der Waals surface area contributed by atoms with E-state index in [4.69, 9.17) is 9.47 Å². The molecule has 1 fully saturated rings. The minimum absolute atomic E-state index is 0.0462. The third-order valence-corrected chi connectivity index (χ3v) is 7.57. The number of aromatic nitrogens is 2. The number of fused-ring (bicyclic) bond motifs is 1. The van der Waals surface area contributed by atoms with Gasteiger partial charge >= 0.3 is 0 Å². The summed E-state index contributed by atoms with van der Waals surface area (Å²) >= 11 is 1.40. The summed E-state index contributed by atoms with van der Waals surface area (Å²) in [5.41, 5.74) is 2.13. The minimum Gasteiger partial charge on any atom is -0.493 e. The molecule has 2 aliphatic rings. The SMILES string of the molecule is CCOc1ccc(/C=C2/Sc3ccc(C(=O)N4CCN(c5ncccn5)CC4)cc3N(C)C2=O)cc1OC. The highest BCUT2D eigenvalue weighted by Gasteiger charge is 2.29. The van der Waals surface area contributed by atoms with Gasteiger partial charge in [0.15, 0.2) is 11.5 Å². The molecule has 3 aromatic rings. The van der Waals surface area contributed by atoms with Gasteiger partial charge in [0.25, 0.3) is 11.8 Å². The number of benzene rings is 2. The molecule has 0 atom stereocenters. The van der Waals surface area contributed by atoms with Crippen LogP contribution in [0.5, 0.6) is 11.5 Å². The number of likely N-dealkylation sites (N-methyl/N-ethyl adjacent to an activating group) is 1. The Morgan fingerprint density at radius 1 is 1.05 bits per heavy atom. The predicted octanol–water partition coefficient (Wildman–Crippen LogP) is 3.96. The second kappa shape index (κ2) is 11.1. The van der Waals surface area contributed by atoms with E-state index in [-0.39, 0.29) is 11.8 Å². The van der Waals surface area contributed by atoms with Crippen molar-refractivity contribution in [2.45, 2.75) is 11.8 Å². The van der Waals surface area contributed by atoms with E-state index in [1.807, 2.05) is 54.3 Å². The lowest BCUT2D eigenvalue weighted by Crippen LogP contribution is -2.49. The smallest absolute Gasteiger partial charge is 0.264 e. The van der Waals surface area contributed by atoms with Gasteiger partial charge in [-0.3, -0.25) is 9.59 Å². The van der Waals surface area contributed by atoms with E-state index in [9.17, 15) is 9.59 Å². The molecular weight excluding hydrogens is 502 g/mol. The van der Waals surface area contributed by atoms with Crippen molar-refractivity contribution in [2.75, 3.05) is 56.7 Å². The number of amides is 2. The zero-order valence-electron chi connectivity index (χ0n) is 21.6. The first kappa shape index (κ1) is 25.6. The number of carbonyl (C=O) groups is 2. The van der Waals surface area contributed by atoms with E-state index < -0.39 is 0 Å². The van der Waals surface area contributed by atoms with E-state index in [0.717, 1.165) is 16.1 Å². The molecule has 38 heavy (non-hydrogen) atoms. The van der Waals surface area contributed by atoms with Gasteiger partial charge in [-0.15, -0.1) is 0 Å². The first-order valence-electron chi connectivity index (χ1n) is 12.4. The normalized spacial score (nSPS) is 16.4. The summed E-state index contributed by atoms with van der Waals surface area (Å²) in [4.78, 5) is 42.1. The largest absolute Gasteiger partial charge is 0.493 e. The van der Waals surface area contributed by atoms with Crippen molar-refractivity contribution in [3.63, 3.8) is 0 Å². The highest BCUT2D eigenvalue weighted by atomic mass is 32.2. The van der Waals surface area contributed by atoms with Crippen LogP contribution < -0.4 is 19.3 Å². The molecule has 1 saturated heterocycles. The number of nitrogens with zero attached hydrogens (tertiary/aromatic N) is 5. The van der Waals surface area contributed by atoms with Crippen LogP contribution in [0.3, 0.4) is 0 Å². The summed E-state index contributed by atoms with van der Waals surface area (Å²) in [5.74, 6) is 1.78. The number of ether oxygens (including phenoxy) is 2. The Balaban J connectivity index is 1.31. The van der Waals surface area contributed by atoms with Crippen molar-refractivity contribution in [3.8, 4) is 11.5 Å². The molecule has 1 aromatic heterocycles. The maximum absolute atomic E-state index is 13.3. The number of anilines is 2. The van der Waals surface area contributed by atoms with E-state index in [2.05, 4.69) is 14.9 Å². The van der Waals surface area contributed by atoms with E-state index in [0.29, 0.717) is 60.7 Å². The van der Waals surface area contributed by atoms with Gasteiger partial charge in [0.2, 0.25) is 5.95 Å². The third kappa shape index (κ3) is 5.17. The Morgan fingerprint density at radius 2 is 1.82 bits per heavy atom. The van der Waals surface area contributed by atoms with Crippen LogP contribution in [0.1, 0.15) is 22.8 Å². The standard InChI is InChI=1S/C28H29N5O4S/c1-4-37-22-8-6-19(16-23(22)36-3)17-25-27(35)31(2)21-18-20(7-9-24(21)38-25)26(34)32-12-14-33(15-13-32)28-29-10-5-11-30-28/h5-11,16-18H,4,12-15H2,1-3H3/b25-17+. The molecule has 0 spiro atoms. The van der Waals surface area contributed by atoms with Gasteiger partial charge in [-0.2, -0.15) is 0 Å². The molecular formula is C28H29N5O4S. The van der Waals surface area contributed by atoms with Crippen molar-refractivity contribution >= 4 is 41.3 Å². The number of hydrogen-bond acceptors (Lipinski definition) is 8. The summed E-state index contributed by atoms with van der Waals surface area (Å²) in [7, 11) is 3.33. The average molecular weight is 532 g/mol. The lowest BCUT2D eigenvalue weighted by molar-refractivity contribution is -0.114. The van der Waals surface area contributed by atoms with Crippen LogP contribution in [0.2, 0.25) is 0 Å². The first-order chi connectivity index (χ1) is 18.5. The Kier molecular flexibility index (Phi) is 7.50. The van der Waals surface area contributed by atoms with Crippen molar-refractivity contribution in [1.82, 2.24) is 14.9 Å². The quantitative estimate of drug-likeness (QED) is 0.442. The van der Waals surface area contributed by atoms with Gasteiger partial charge < -0.3 is 24.2 Å². The molecule has 0 radical (unpaired) electrons. The molecule has 0 unspecified atom stereocenters. The van der Waals surface area contributed by atoms with Crippen LogP contribution in [-0.2, 0) is 4.79 Å². The highest BCUT2D eigenvalue weighted by molar-refractivity contribution is 8.04. The summed E-state index contributed by atoms with van der Waals surface area (Å²) in [5, 5.41) is 0. The minimum atomic E-state index is -0.128. The highest BCUT2D eigenvalue weighted by Crippen LogP contribution is 2.42. The van der Waals surface area contributed by atoms with E-state index >= 15 is 0 Å². The first-order valence-corrected chi connectivity index (χ1v) is 13.2. The van der Waals surface area contributed by atoms with Crippen LogP contribution >= 0.6 is 11.8 Å². The third-order valence-electron chi connectivity index (χ3n) is 6.49. The van der Waals surface area contributed by atoms with Crippen LogP contribution in [-0.4, -0.2) is 73.6 Å². The molecule has 2 aromatic carbocycles. The number of methoxy groups -OCH3 is 1. The molecule has 9 nitrogen and oxygen atoms in total. The molecule has 2 aliphatic heterocycles. The van der Waals surface area contributed by atoms with Crippen LogP contribution in [0.15, 0.2) is 64.7 Å². The Bertz CT molecular complexity index is 1370. The molecule has 3 heterocycles. The summed E-state index contributed by atoms with van der Waals surface area (Å²) in [6.45, 7) is 4.95. The maximum atomic E-state index is 13.3. The van der Waals surface area contributed by atoms with Crippen LogP contribution in [0, 0.1) is 0 Å². The fourth-order valence-electron chi connectivity index (χ4n) is 4.47. The molecule has 0 bridgehead atoms. The maximum Gasteiger partial charge on any atom is 0.264 e. The van der Waals surface area contributed by atoms with Gasteiger partial charge in [-0.25, -0.2) is 9.97 Å². The van der Waals surface area contributed by atoms with Gasteiger partial charge in [-0.1, -0.05) is 17.8 Å². The lowest BCUT2D eigenvalue weighted by atomic mass is 10.1. The molecule has 5 rings (SSSR count). The number of hydrogen-bond donors (Lipinski definition) is 0. The van der Waals surface area contributed by atoms with Gasteiger partial charge in [0, 0.05) is 56.1 Å². The molecule has 0 aliphatic carbocycles. The predicted molar refractivity (Wildman–Crippen MR) is 148 cm³/mol. The zero-order valence-corrected chi connectivity index (χ0v) is 22.4. The monoisotopic (exact) mass is 531 g/mol. The van der Waals surface area contributed by atoms with Crippen molar-refractivity contribution in [3.05, 3.63) is 70.9 Å². The van der Waals surface area contributed by atoms with Crippen LogP contribution in [0.4, 0.5) is 11.6 Å². The van der Waals surface area contributed by atoms with Gasteiger partial charge in [0.1, 0.15) is 0 Å². The lowest BCUT2D eigenvalue weighted by Gasteiger charge is -2.35. The molecule has 2 amide bonds. The number of thioether (sulfide) groups is 1. The summed E-state index contributed by atoms with van der Waals surface area (Å²) in [6, 6.07) is 12.9. The number of carbonyl (C=O) groups excluding carboxylic acids is 2. The summed E-state index contributed by atoms with van der Waals surface area (Å²) < 4.78 is 11.0. The molecule has 10 heteroatoms. The van der Waals surface area contributed by atoms with Crippen LogP contribution in [0.25, 0.3) is 6.08 Å². The molecule has 0 saturated carbocycles. The summed E-state index contributed by atoms with van der Waals surface area (Å²) in [6.07, 6.45) is 5.29. The van der Waals surface area contributed by atoms with Crippen molar-refractivity contribution in [1.29, 1.82) is 0 Å².